The highest BCUT2D eigenvalue weighted by molar-refractivity contribution is 5.78. The summed E-state index contributed by atoms with van der Waals surface area (Å²) >= 11 is 0. The Kier molecular flexibility index (Phi) is 2.11. The SMILES string of the molecule is CN1C(=O)CC[C@@H]1c1ccc[nH]c1=O. The van der Waals surface area contributed by atoms with Gasteiger partial charge in [-0.15, -0.1) is 0 Å². The van der Waals surface area contributed by atoms with Crippen LogP contribution in [0.5, 0.6) is 0 Å². The first-order valence-electron chi connectivity index (χ1n) is 4.63. The largest absolute Gasteiger partial charge is 0.338 e. The minimum Gasteiger partial charge on any atom is -0.338 e. The molecular formula is C10H12N2O2. The minimum atomic E-state index is -0.0981. The Labute approximate surface area is 81.6 Å². The van der Waals surface area contributed by atoms with Crippen molar-refractivity contribution in [1.29, 1.82) is 0 Å². The van der Waals surface area contributed by atoms with Crippen LogP contribution in [0.25, 0.3) is 0 Å². The van der Waals surface area contributed by atoms with Gasteiger partial charge in [0.25, 0.3) is 5.56 Å². The van der Waals surface area contributed by atoms with Crippen LogP contribution >= 0.6 is 0 Å². The number of carbonyl (C=O) groups is 1. The number of nitrogens with one attached hydrogen (secondary N) is 1. The molecule has 1 N–H and O–H groups in total. The number of rotatable bonds is 1. The second kappa shape index (κ2) is 3.29. The first kappa shape index (κ1) is 8.99. The fraction of sp³-hybridized carbons (Fsp3) is 0.400. The van der Waals surface area contributed by atoms with Crippen molar-refractivity contribution in [3.63, 3.8) is 0 Å². The summed E-state index contributed by atoms with van der Waals surface area (Å²) in [6.07, 6.45) is 2.88. The molecular weight excluding hydrogens is 180 g/mol. The summed E-state index contributed by atoms with van der Waals surface area (Å²) in [5, 5.41) is 0. The van der Waals surface area contributed by atoms with Crippen LogP contribution in [0.4, 0.5) is 0 Å². The molecule has 0 radical (unpaired) electrons. The van der Waals surface area contributed by atoms with Crippen LogP contribution in [0.1, 0.15) is 24.4 Å². The first-order chi connectivity index (χ1) is 6.70. The molecule has 0 spiro atoms. The molecule has 4 heteroatoms. The number of aromatic amines is 1. The number of hydrogen-bond donors (Lipinski definition) is 1. The van der Waals surface area contributed by atoms with Crippen LogP contribution in [0.3, 0.4) is 0 Å². The van der Waals surface area contributed by atoms with Crippen LogP contribution < -0.4 is 5.56 Å². The van der Waals surface area contributed by atoms with E-state index in [-0.39, 0.29) is 17.5 Å². The third-order valence-electron chi connectivity index (χ3n) is 2.70. The Morgan fingerprint density at radius 2 is 2.29 bits per heavy atom. The molecule has 1 fully saturated rings. The van der Waals surface area contributed by atoms with E-state index in [9.17, 15) is 9.59 Å². The van der Waals surface area contributed by atoms with Gasteiger partial charge in [0.2, 0.25) is 5.91 Å². The predicted octanol–water partition coefficient (Wildman–Crippen LogP) is 0.668. The van der Waals surface area contributed by atoms with E-state index in [1.807, 2.05) is 0 Å². The molecule has 2 rings (SSSR count). The van der Waals surface area contributed by atoms with Crippen molar-refractivity contribution >= 4 is 5.91 Å². The zero-order chi connectivity index (χ0) is 10.1. The summed E-state index contributed by atoms with van der Waals surface area (Å²) in [7, 11) is 1.74. The lowest BCUT2D eigenvalue weighted by Crippen LogP contribution is -2.27. The molecule has 0 aromatic carbocycles. The first-order valence-corrected chi connectivity index (χ1v) is 4.63. The van der Waals surface area contributed by atoms with Gasteiger partial charge in [0.15, 0.2) is 0 Å². The number of pyridine rings is 1. The zero-order valence-electron chi connectivity index (χ0n) is 7.99. The van der Waals surface area contributed by atoms with Crippen molar-refractivity contribution in [2.45, 2.75) is 18.9 Å². The quantitative estimate of drug-likeness (QED) is 0.711. The van der Waals surface area contributed by atoms with E-state index in [0.29, 0.717) is 12.0 Å². The molecule has 4 nitrogen and oxygen atoms in total. The lowest BCUT2D eigenvalue weighted by molar-refractivity contribution is -0.127. The smallest absolute Gasteiger partial charge is 0.253 e. The third kappa shape index (κ3) is 1.32. The molecule has 2 heterocycles. The molecule has 0 saturated carbocycles. The highest BCUT2D eigenvalue weighted by atomic mass is 16.2. The maximum absolute atomic E-state index is 11.5. The summed E-state index contributed by atoms with van der Waals surface area (Å²) in [5.74, 6) is 0.109. The molecule has 0 unspecified atom stereocenters. The number of likely N-dealkylation sites (tertiary alicyclic amines) is 1. The molecule has 1 aliphatic rings. The Morgan fingerprint density at radius 3 is 2.86 bits per heavy atom. The second-order valence-corrected chi connectivity index (χ2v) is 3.51. The number of carbonyl (C=O) groups excluding carboxylic acids is 1. The van der Waals surface area contributed by atoms with Gasteiger partial charge in [-0.05, 0) is 18.6 Å². The van der Waals surface area contributed by atoms with Gasteiger partial charge >= 0.3 is 0 Å². The summed E-state index contributed by atoms with van der Waals surface area (Å²) < 4.78 is 0. The van der Waals surface area contributed by atoms with Crippen molar-refractivity contribution in [3.8, 4) is 0 Å². The standard InChI is InChI=1S/C10H12N2O2/c1-12-8(4-5-9(12)13)7-3-2-6-11-10(7)14/h2-3,6,8H,4-5H2,1H3,(H,11,14)/t8-/m1/s1. The molecule has 74 valence electrons. The number of hydrogen-bond acceptors (Lipinski definition) is 2. The third-order valence-corrected chi connectivity index (χ3v) is 2.70. The van der Waals surface area contributed by atoms with Gasteiger partial charge < -0.3 is 9.88 Å². The molecule has 1 aromatic heterocycles. The minimum absolute atomic E-state index is 0.0487. The maximum atomic E-state index is 11.5. The average Bonchev–Trinajstić information content (AvgIpc) is 2.49. The van der Waals surface area contributed by atoms with Crippen molar-refractivity contribution in [1.82, 2.24) is 9.88 Å². The number of nitrogens with zero attached hydrogens (tertiary/aromatic N) is 1. The molecule has 1 atom stereocenters. The van der Waals surface area contributed by atoms with Crippen molar-refractivity contribution in [3.05, 3.63) is 34.2 Å². The predicted molar refractivity (Wildman–Crippen MR) is 51.8 cm³/mol. The van der Waals surface area contributed by atoms with Gasteiger partial charge in [-0.25, -0.2) is 0 Å². The molecule has 0 bridgehead atoms. The normalized spacial score (nSPS) is 21.6. The van der Waals surface area contributed by atoms with Crippen LogP contribution in [-0.2, 0) is 4.79 Å². The zero-order valence-corrected chi connectivity index (χ0v) is 7.99. The van der Waals surface area contributed by atoms with Crippen LogP contribution in [0.2, 0.25) is 0 Å². The lowest BCUT2D eigenvalue weighted by Gasteiger charge is -2.18. The topological polar surface area (TPSA) is 53.2 Å². The fourth-order valence-electron chi connectivity index (χ4n) is 1.87. The summed E-state index contributed by atoms with van der Waals surface area (Å²) in [5.41, 5.74) is 0.583. The molecule has 14 heavy (non-hydrogen) atoms. The molecule has 1 amide bonds. The Morgan fingerprint density at radius 1 is 1.50 bits per heavy atom. The van der Waals surface area contributed by atoms with Gasteiger partial charge in [-0.3, -0.25) is 9.59 Å². The van der Waals surface area contributed by atoms with E-state index < -0.39 is 0 Å². The van der Waals surface area contributed by atoms with E-state index >= 15 is 0 Å². The van der Waals surface area contributed by atoms with Gasteiger partial charge in [0, 0.05) is 25.2 Å². The number of H-pyrrole nitrogens is 1. The summed E-state index contributed by atoms with van der Waals surface area (Å²) in [6.45, 7) is 0. The highest BCUT2D eigenvalue weighted by Crippen LogP contribution is 2.28. The van der Waals surface area contributed by atoms with Gasteiger partial charge in [-0.1, -0.05) is 0 Å². The van der Waals surface area contributed by atoms with E-state index in [1.165, 1.54) is 0 Å². The monoisotopic (exact) mass is 192 g/mol. The second-order valence-electron chi connectivity index (χ2n) is 3.51. The van der Waals surface area contributed by atoms with E-state index in [1.54, 1.807) is 30.3 Å². The van der Waals surface area contributed by atoms with E-state index in [4.69, 9.17) is 0 Å². The van der Waals surface area contributed by atoms with Crippen molar-refractivity contribution < 1.29 is 4.79 Å². The van der Waals surface area contributed by atoms with Gasteiger partial charge in [0.05, 0.1) is 6.04 Å². The van der Waals surface area contributed by atoms with Crippen LogP contribution in [0.15, 0.2) is 23.1 Å². The maximum Gasteiger partial charge on any atom is 0.253 e. The van der Waals surface area contributed by atoms with E-state index in [2.05, 4.69) is 4.98 Å². The Bertz CT molecular complexity index is 411. The molecule has 1 aliphatic heterocycles. The fourth-order valence-corrected chi connectivity index (χ4v) is 1.87. The van der Waals surface area contributed by atoms with Crippen molar-refractivity contribution in [2.24, 2.45) is 0 Å². The Balaban J connectivity index is 2.37. The highest BCUT2D eigenvalue weighted by Gasteiger charge is 2.30. The van der Waals surface area contributed by atoms with Crippen LogP contribution in [-0.4, -0.2) is 22.8 Å². The average molecular weight is 192 g/mol. The molecule has 1 aromatic rings. The summed E-state index contributed by atoms with van der Waals surface area (Å²) in [6, 6.07) is 3.51. The lowest BCUT2D eigenvalue weighted by atomic mass is 10.1. The number of amides is 1. The molecule has 1 saturated heterocycles. The molecule has 0 aliphatic carbocycles. The van der Waals surface area contributed by atoms with Gasteiger partial charge in [-0.2, -0.15) is 0 Å². The summed E-state index contributed by atoms with van der Waals surface area (Å²) in [4.78, 5) is 27.0. The Hall–Kier alpha value is -1.58. The van der Waals surface area contributed by atoms with E-state index in [0.717, 1.165) is 6.42 Å². The van der Waals surface area contributed by atoms with Gasteiger partial charge in [0.1, 0.15) is 0 Å². The van der Waals surface area contributed by atoms with Crippen molar-refractivity contribution in [2.75, 3.05) is 7.05 Å². The van der Waals surface area contributed by atoms with Crippen LogP contribution in [0, 0.1) is 0 Å². The number of aromatic nitrogens is 1.